The molecular formula is C11H16N4. The minimum absolute atomic E-state index is 0.713. The van der Waals surface area contributed by atoms with Crippen LogP contribution in [-0.4, -0.2) is 30.1 Å². The van der Waals surface area contributed by atoms with Gasteiger partial charge in [0.2, 0.25) is 5.95 Å². The molecule has 0 aliphatic rings. The molecule has 0 atom stereocenters. The van der Waals surface area contributed by atoms with Crippen molar-refractivity contribution >= 4 is 17.0 Å². The van der Waals surface area contributed by atoms with Crippen LogP contribution >= 0.6 is 0 Å². The maximum absolute atomic E-state index is 5.47. The minimum atomic E-state index is 0.713. The molecule has 0 unspecified atom stereocenters. The Bertz CT molecular complexity index is 402. The summed E-state index contributed by atoms with van der Waals surface area (Å²) >= 11 is 0. The summed E-state index contributed by atoms with van der Waals surface area (Å²) in [4.78, 5) is 9.86. The van der Waals surface area contributed by atoms with Crippen molar-refractivity contribution in [2.24, 2.45) is 5.73 Å². The van der Waals surface area contributed by atoms with Crippen molar-refractivity contribution in [3.05, 3.63) is 24.3 Å². The van der Waals surface area contributed by atoms with E-state index in [0.717, 1.165) is 29.9 Å². The summed E-state index contributed by atoms with van der Waals surface area (Å²) in [5.41, 5.74) is 7.56. The van der Waals surface area contributed by atoms with Gasteiger partial charge < -0.3 is 15.6 Å². The summed E-state index contributed by atoms with van der Waals surface area (Å²) in [6, 6.07) is 8.03. The Balaban J connectivity index is 2.20. The number of nitrogens with one attached hydrogen (secondary N) is 1. The fourth-order valence-corrected chi connectivity index (χ4v) is 1.55. The standard InChI is InChI=1S/C11H16N4/c1-15(8-4-7-12)11-13-9-5-2-3-6-10(9)14-11/h2-3,5-6H,4,7-8,12H2,1H3,(H,13,14). The molecule has 0 aliphatic heterocycles. The number of fused-ring (bicyclic) bond motifs is 1. The summed E-state index contributed by atoms with van der Waals surface area (Å²) in [7, 11) is 2.02. The lowest BCUT2D eigenvalue weighted by atomic mass is 10.3. The molecule has 15 heavy (non-hydrogen) atoms. The van der Waals surface area contributed by atoms with Crippen molar-refractivity contribution in [2.45, 2.75) is 6.42 Å². The molecule has 0 saturated carbocycles. The quantitative estimate of drug-likeness (QED) is 0.790. The number of imidazole rings is 1. The van der Waals surface area contributed by atoms with Gasteiger partial charge in [0.15, 0.2) is 0 Å². The Morgan fingerprint density at radius 3 is 2.93 bits per heavy atom. The Morgan fingerprint density at radius 1 is 1.40 bits per heavy atom. The lowest BCUT2D eigenvalue weighted by Crippen LogP contribution is -2.21. The average molecular weight is 204 g/mol. The SMILES string of the molecule is CN(CCCN)c1nc2ccccc2[nH]1. The van der Waals surface area contributed by atoms with Crippen molar-refractivity contribution in [1.82, 2.24) is 9.97 Å². The molecule has 1 aromatic heterocycles. The zero-order valence-electron chi connectivity index (χ0n) is 8.90. The van der Waals surface area contributed by atoms with Crippen molar-refractivity contribution in [1.29, 1.82) is 0 Å². The second kappa shape index (κ2) is 4.31. The summed E-state index contributed by atoms with van der Waals surface area (Å²) in [6.07, 6.45) is 0.980. The van der Waals surface area contributed by atoms with E-state index < -0.39 is 0 Å². The molecule has 1 aromatic carbocycles. The van der Waals surface area contributed by atoms with Gasteiger partial charge in [0.25, 0.3) is 0 Å². The summed E-state index contributed by atoms with van der Waals surface area (Å²) in [6.45, 7) is 1.64. The zero-order valence-corrected chi connectivity index (χ0v) is 8.90. The lowest BCUT2D eigenvalue weighted by molar-refractivity contribution is 0.781. The average Bonchev–Trinajstić information content (AvgIpc) is 2.69. The first-order valence-corrected chi connectivity index (χ1v) is 5.17. The fourth-order valence-electron chi connectivity index (χ4n) is 1.55. The van der Waals surface area contributed by atoms with Gasteiger partial charge >= 0.3 is 0 Å². The highest BCUT2D eigenvalue weighted by atomic mass is 15.2. The second-order valence-electron chi connectivity index (χ2n) is 3.64. The van der Waals surface area contributed by atoms with Crippen LogP contribution in [0.4, 0.5) is 5.95 Å². The van der Waals surface area contributed by atoms with E-state index in [0.29, 0.717) is 6.54 Å². The topological polar surface area (TPSA) is 57.9 Å². The molecule has 80 valence electrons. The Kier molecular flexibility index (Phi) is 2.87. The number of hydrogen-bond donors (Lipinski definition) is 2. The number of aromatic nitrogens is 2. The van der Waals surface area contributed by atoms with Gasteiger partial charge in [0, 0.05) is 13.6 Å². The van der Waals surface area contributed by atoms with E-state index in [9.17, 15) is 0 Å². The highest BCUT2D eigenvalue weighted by molar-refractivity contribution is 5.77. The van der Waals surface area contributed by atoms with Gasteiger partial charge in [0.05, 0.1) is 11.0 Å². The second-order valence-corrected chi connectivity index (χ2v) is 3.64. The summed E-state index contributed by atoms with van der Waals surface area (Å²) < 4.78 is 0. The molecular weight excluding hydrogens is 188 g/mol. The number of aromatic amines is 1. The molecule has 0 radical (unpaired) electrons. The third kappa shape index (κ3) is 2.10. The number of nitrogens with zero attached hydrogens (tertiary/aromatic N) is 2. The summed E-state index contributed by atoms with van der Waals surface area (Å²) in [5.74, 6) is 0.907. The molecule has 0 saturated heterocycles. The van der Waals surface area contributed by atoms with Crippen LogP contribution in [0.3, 0.4) is 0 Å². The van der Waals surface area contributed by atoms with Crippen LogP contribution in [-0.2, 0) is 0 Å². The Labute approximate surface area is 89.1 Å². The minimum Gasteiger partial charge on any atom is -0.345 e. The van der Waals surface area contributed by atoms with Crippen molar-refractivity contribution in [3.8, 4) is 0 Å². The highest BCUT2D eigenvalue weighted by Crippen LogP contribution is 2.15. The monoisotopic (exact) mass is 204 g/mol. The van der Waals surface area contributed by atoms with Gasteiger partial charge in [-0.2, -0.15) is 0 Å². The van der Waals surface area contributed by atoms with Crippen LogP contribution in [0, 0.1) is 0 Å². The van der Waals surface area contributed by atoms with Gasteiger partial charge in [-0.1, -0.05) is 12.1 Å². The largest absolute Gasteiger partial charge is 0.345 e. The van der Waals surface area contributed by atoms with Crippen LogP contribution in [0.2, 0.25) is 0 Å². The van der Waals surface area contributed by atoms with E-state index in [1.807, 2.05) is 31.3 Å². The van der Waals surface area contributed by atoms with Gasteiger partial charge in [-0.15, -0.1) is 0 Å². The van der Waals surface area contributed by atoms with Crippen molar-refractivity contribution in [2.75, 3.05) is 25.0 Å². The Morgan fingerprint density at radius 2 is 2.20 bits per heavy atom. The van der Waals surface area contributed by atoms with E-state index in [1.165, 1.54) is 0 Å². The van der Waals surface area contributed by atoms with E-state index in [-0.39, 0.29) is 0 Å². The molecule has 3 N–H and O–H groups in total. The summed E-state index contributed by atoms with van der Waals surface area (Å²) in [5, 5.41) is 0. The number of anilines is 1. The van der Waals surface area contributed by atoms with Crippen molar-refractivity contribution in [3.63, 3.8) is 0 Å². The van der Waals surface area contributed by atoms with Crippen molar-refractivity contribution < 1.29 is 0 Å². The number of nitrogens with two attached hydrogens (primary N) is 1. The highest BCUT2D eigenvalue weighted by Gasteiger charge is 2.05. The fraction of sp³-hybridized carbons (Fsp3) is 0.364. The maximum atomic E-state index is 5.47. The molecule has 2 rings (SSSR count). The zero-order chi connectivity index (χ0) is 10.7. The molecule has 0 amide bonds. The number of benzene rings is 1. The predicted octanol–water partition coefficient (Wildman–Crippen LogP) is 1.35. The van der Waals surface area contributed by atoms with E-state index >= 15 is 0 Å². The molecule has 0 spiro atoms. The molecule has 1 heterocycles. The predicted molar refractivity (Wildman–Crippen MR) is 63.0 cm³/mol. The maximum Gasteiger partial charge on any atom is 0.203 e. The van der Waals surface area contributed by atoms with Gasteiger partial charge in [-0.05, 0) is 25.1 Å². The molecule has 4 heteroatoms. The van der Waals surface area contributed by atoms with E-state index in [4.69, 9.17) is 5.73 Å². The Hall–Kier alpha value is -1.55. The number of H-pyrrole nitrogens is 1. The molecule has 0 aliphatic carbocycles. The van der Waals surface area contributed by atoms with E-state index in [1.54, 1.807) is 0 Å². The lowest BCUT2D eigenvalue weighted by Gasteiger charge is -2.14. The number of para-hydroxylation sites is 2. The number of hydrogen-bond acceptors (Lipinski definition) is 3. The van der Waals surface area contributed by atoms with Gasteiger partial charge in [-0.25, -0.2) is 4.98 Å². The first kappa shape index (κ1) is 9.98. The molecule has 2 aromatic rings. The van der Waals surface area contributed by atoms with E-state index in [2.05, 4.69) is 14.9 Å². The van der Waals surface area contributed by atoms with Crippen LogP contribution < -0.4 is 10.6 Å². The molecule has 4 nitrogen and oxygen atoms in total. The van der Waals surface area contributed by atoms with Crippen LogP contribution in [0.5, 0.6) is 0 Å². The van der Waals surface area contributed by atoms with Gasteiger partial charge in [0.1, 0.15) is 0 Å². The smallest absolute Gasteiger partial charge is 0.203 e. The van der Waals surface area contributed by atoms with Crippen LogP contribution in [0.1, 0.15) is 6.42 Å². The first-order valence-electron chi connectivity index (χ1n) is 5.17. The first-order chi connectivity index (χ1) is 7.31. The van der Waals surface area contributed by atoms with Crippen LogP contribution in [0.15, 0.2) is 24.3 Å². The van der Waals surface area contributed by atoms with Gasteiger partial charge in [-0.3, -0.25) is 0 Å². The van der Waals surface area contributed by atoms with Crippen LogP contribution in [0.25, 0.3) is 11.0 Å². The third-order valence-corrected chi connectivity index (χ3v) is 2.44. The normalized spacial score (nSPS) is 10.8. The molecule has 0 fully saturated rings. The molecule has 0 bridgehead atoms. The third-order valence-electron chi connectivity index (χ3n) is 2.44. The number of rotatable bonds is 4.